The normalized spacial score (nSPS) is 10.6. The number of hydrogen-bond donors (Lipinski definition) is 1. The van der Waals surface area contributed by atoms with Crippen LogP contribution in [-0.2, 0) is 6.54 Å². The van der Waals surface area contributed by atoms with Crippen LogP contribution in [0.1, 0.15) is 41.3 Å². The first-order valence-corrected chi connectivity index (χ1v) is 9.43. The number of nitrogens with one attached hydrogen (secondary N) is 1. The molecule has 3 aromatic rings. The molecule has 6 heteroatoms. The topological polar surface area (TPSA) is 79.0 Å². The molecule has 0 radical (unpaired) electrons. The molecule has 0 atom stereocenters. The van der Waals surface area contributed by atoms with Crippen molar-refractivity contribution < 1.29 is 4.79 Å². The summed E-state index contributed by atoms with van der Waals surface area (Å²) in [6, 6.07) is 11.4. The van der Waals surface area contributed by atoms with Gasteiger partial charge < -0.3 is 9.88 Å². The fourth-order valence-electron chi connectivity index (χ4n) is 2.89. The van der Waals surface area contributed by atoms with Gasteiger partial charge in [-0.3, -0.25) is 14.6 Å². The number of pyridine rings is 1. The molecule has 6 nitrogen and oxygen atoms in total. The second-order valence-electron chi connectivity index (χ2n) is 6.78. The summed E-state index contributed by atoms with van der Waals surface area (Å²) in [5.74, 6) is 0.144. The Morgan fingerprint density at radius 1 is 1.11 bits per heavy atom. The average Bonchev–Trinajstić information content (AvgIpc) is 2.72. The molecule has 0 bridgehead atoms. The van der Waals surface area contributed by atoms with Gasteiger partial charge >= 0.3 is 0 Å². The number of carbonyl (C=O) groups is 1. The number of carbonyl (C=O) groups excluding carboxylic acids is 1. The van der Waals surface area contributed by atoms with Crippen molar-refractivity contribution in [1.29, 1.82) is 0 Å². The summed E-state index contributed by atoms with van der Waals surface area (Å²) in [6.07, 6.45) is 6.59. The number of aromatic nitrogens is 3. The molecule has 0 saturated heterocycles. The van der Waals surface area contributed by atoms with Crippen LogP contribution in [0.15, 0.2) is 59.8 Å². The summed E-state index contributed by atoms with van der Waals surface area (Å²) in [4.78, 5) is 38.4. The van der Waals surface area contributed by atoms with Gasteiger partial charge in [0.15, 0.2) is 0 Å². The van der Waals surface area contributed by atoms with E-state index < -0.39 is 5.56 Å². The van der Waals surface area contributed by atoms with Crippen LogP contribution in [0.5, 0.6) is 0 Å². The third-order valence-corrected chi connectivity index (χ3v) is 4.55. The molecular weight excluding hydrogens is 352 g/mol. The number of unbranched alkanes of at least 4 members (excludes halogenated alkanes) is 1. The monoisotopic (exact) mass is 376 g/mol. The molecule has 144 valence electrons. The molecule has 1 N–H and O–H groups in total. The van der Waals surface area contributed by atoms with Crippen LogP contribution in [-0.4, -0.2) is 32.3 Å². The van der Waals surface area contributed by atoms with Crippen LogP contribution < -0.4 is 5.56 Å². The predicted molar refractivity (Wildman–Crippen MR) is 109 cm³/mol. The van der Waals surface area contributed by atoms with E-state index in [0.717, 1.165) is 29.5 Å². The zero-order valence-corrected chi connectivity index (χ0v) is 16.2. The highest BCUT2D eigenvalue weighted by Crippen LogP contribution is 2.15. The van der Waals surface area contributed by atoms with Gasteiger partial charge in [-0.15, -0.1) is 0 Å². The first-order valence-electron chi connectivity index (χ1n) is 9.43. The number of benzene rings is 1. The number of hydrogen-bond acceptors (Lipinski definition) is 4. The summed E-state index contributed by atoms with van der Waals surface area (Å²) in [7, 11) is 0. The van der Waals surface area contributed by atoms with Gasteiger partial charge in [0.05, 0.1) is 0 Å². The SMILES string of the molecule is CCCCN(Cc1ccncc1)C(=O)c1cnc(-c2ccc(C)cc2)[nH]c1=O. The van der Waals surface area contributed by atoms with Crippen LogP contribution >= 0.6 is 0 Å². The molecular formula is C22H24N4O2. The van der Waals surface area contributed by atoms with E-state index in [0.29, 0.717) is 18.9 Å². The smallest absolute Gasteiger partial charge is 0.264 e. The molecule has 0 saturated carbocycles. The lowest BCUT2D eigenvalue weighted by atomic mass is 10.1. The van der Waals surface area contributed by atoms with E-state index in [1.807, 2.05) is 43.3 Å². The highest BCUT2D eigenvalue weighted by atomic mass is 16.2. The second kappa shape index (κ2) is 9.08. The minimum atomic E-state index is -0.424. The summed E-state index contributed by atoms with van der Waals surface area (Å²) in [5.41, 5.74) is 2.54. The fraction of sp³-hybridized carbons (Fsp3) is 0.273. The minimum Gasteiger partial charge on any atom is -0.334 e. The Morgan fingerprint density at radius 2 is 1.82 bits per heavy atom. The van der Waals surface area contributed by atoms with E-state index in [2.05, 4.69) is 21.9 Å². The van der Waals surface area contributed by atoms with Crippen LogP contribution in [0.3, 0.4) is 0 Å². The molecule has 0 aliphatic heterocycles. The third kappa shape index (κ3) is 4.71. The maximum Gasteiger partial charge on any atom is 0.264 e. The zero-order valence-electron chi connectivity index (χ0n) is 16.2. The Kier molecular flexibility index (Phi) is 6.32. The van der Waals surface area contributed by atoms with Gasteiger partial charge in [0.25, 0.3) is 11.5 Å². The fourth-order valence-corrected chi connectivity index (χ4v) is 2.89. The maximum atomic E-state index is 13.0. The van der Waals surface area contributed by atoms with Gasteiger partial charge in [-0.25, -0.2) is 4.98 Å². The quantitative estimate of drug-likeness (QED) is 0.683. The van der Waals surface area contributed by atoms with E-state index in [1.165, 1.54) is 6.20 Å². The number of nitrogens with zero attached hydrogens (tertiary/aromatic N) is 3. The molecule has 1 amide bonds. The Labute approximate surface area is 164 Å². The lowest BCUT2D eigenvalue weighted by Gasteiger charge is -2.22. The number of aryl methyl sites for hydroxylation is 1. The van der Waals surface area contributed by atoms with Gasteiger partial charge in [0.2, 0.25) is 0 Å². The van der Waals surface area contributed by atoms with Crippen molar-refractivity contribution in [2.24, 2.45) is 0 Å². The maximum absolute atomic E-state index is 13.0. The molecule has 1 aromatic carbocycles. The lowest BCUT2D eigenvalue weighted by Crippen LogP contribution is -2.35. The van der Waals surface area contributed by atoms with Gasteiger partial charge in [-0.05, 0) is 31.0 Å². The van der Waals surface area contributed by atoms with Gasteiger partial charge in [0, 0.05) is 37.2 Å². The summed E-state index contributed by atoms with van der Waals surface area (Å²) >= 11 is 0. The molecule has 0 fully saturated rings. The summed E-state index contributed by atoms with van der Waals surface area (Å²) < 4.78 is 0. The summed E-state index contributed by atoms with van der Waals surface area (Å²) in [6.45, 7) is 5.08. The van der Waals surface area contributed by atoms with Crippen molar-refractivity contribution in [2.75, 3.05) is 6.54 Å². The Morgan fingerprint density at radius 3 is 2.46 bits per heavy atom. The lowest BCUT2D eigenvalue weighted by molar-refractivity contribution is 0.0738. The van der Waals surface area contributed by atoms with E-state index in [1.54, 1.807) is 17.3 Å². The van der Waals surface area contributed by atoms with E-state index in [4.69, 9.17) is 0 Å². The number of H-pyrrole nitrogens is 1. The third-order valence-electron chi connectivity index (χ3n) is 4.55. The molecule has 2 heterocycles. The Balaban J connectivity index is 1.85. The van der Waals surface area contributed by atoms with Crippen molar-refractivity contribution in [2.45, 2.75) is 33.2 Å². The molecule has 0 unspecified atom stereocenters. The predicted octanol–water partition coefficient (Wildman–Crippen LogP) is 3.58. The van der Waals surface area contributed by atoms with Gasteiger partial charge in [-0.1, -0.05) is 43.2 Å². The van der Waals surface area contributed by atoms with Crippen LogP contribution in [0.4, 0.5) is 0 Å². The minimum absolute atomic E-state index is 0.0565. The molecule has 2 aromatic heterocycles. The standard InChI is InChI=1S/C22H24N4O2/c1-3-4-13-26(15-17-9-11-23-12-10-17)22(28)19-14-24-20(25-21(19)27)18-7-5-16(2)6-8-18/h5-12,14H,3-4,13,15H2,1-2H3,(H,24,25,27). The van der Waals surface area contributed by atoms with Crippen LogP contribution in [0.2, 0.25) is 0 Å². The van der Waals surface area contributed by atoms with E-state index >= 15 is 0 Å². The highest BCUT2D eigenvalue weighted by molar-refractivity contribution is 5.93. The van der Waals surface area contributed by atoms with Crippen LogP contribution in [0.25, 0.3) is 11.4 Å². The van der Waals surface area contributed by atoms with Crippen LogP contribution in [0, 0.1) is 6.92 Å². The Hall–Kier alpha value is -3.28. The summed E-state index contributed by atoms with van der Waals surface area (Å²) in [5, 5.41) is 0. The van der Waals surface area contributed by atoms with Crippen molar-refractivity contribution in [3.63, 3.8) is 0 Å². The van der Waals surface area contributed by atoms with Gasteiger partial charge in [-0.2, -0.15) is 0 Å². The first-order chi connectivity index (χ1) is 13.6. The second-order valence-corrected chi connectivity index (χ2v) is 6.78. The van der Waals surface area contributed by atoms with Crippen molar-refractivity contribution >= 4 is 5.91 Å². The van der Waals surface area contributed by atoms with E-state index in [9.17, 15) is 9.59 Å². The number of amides is 1. The molecule has 28 heavy (non-hydrogen) atoms. The average molecular weight is 376 g/mol. The number of rotatable bonds is 7. The number of aromatic amines is 1. The first kappa shape index (κ1) is 19.5. The molecule has 0 spiro atoms. The largest absolute Gasteiger partial charge is 0.334 e. The van der Waals surface area contributed by atoms with Gasteiger partial charge in [0.1, 0.15) is 11.4 Å². The zero-order chi connectivity index (χ0) is 19.9. The molecule has 3 rings (SSSR count). The molecule has 0 aliphatic carbocycles. The van der Waals surface area contributed by atoms with Crippen molar-refractivity contribution in [3.8, 4) is 11.4 Å². The highest BCUT2D eigenvalue weighted by Gasteiger charge is 2.20. The Bertz CT molecular complexity index is 981. The van der Waals surface area contributed by atoms with Crippen molar-refractivity contribution in [3.05, 3.63) is 82.0 Å². The molecule has 0 aliphatic rings. The van der Waals surface area contributed by atoms with Crippen molar-refractivity contribution in [1.82, 2.24) is 19.9 Å². The van der Waals surface area contributed by atoms with E-state index in [-0.39, 0.29) is 11.5 Å².